The zero-order valence-corrected chi connectivity index (χ0v) is 11.9. The second-order valence-electron chi connectivity index (χ2n) is 4.46. The number of anilines is 2. The number of hydrogen-bond acceptors (Lipinski definition) is 4. The van der Waals surface area contributed by atoms with Gasteiger partial charge in [-0.25, -0.2) is 12.8 Å². The molecule has 2 aromatic rings. The number of hydrogen-bond donors (Lipinski definition) is 2. The molecule has 0 aliphatic heterocycles. The van der Waals surface area contributed by atoms with Crippen LogP contribution < -0.4 is 11.1 Å². The van der Waals surface area contributed by atoms with E-state index >= 15 is 0 Å². The number of carbonyl (C=O) groups is 1. The van der Waals surface area contributed by atoms with Crippen LogP contribution in [0.25, 0.3) is 0 Å². The van der Waals surface area contributed by atoms with Gasteiger partial charge in [-0.1, -0.05) is 12.1 Å². The maximum atomic E-state index is 13.6. The number of benzene rings is 2. The van der Waals surface area contributed by atoms with E-state index in [0.717, 1.165) is 6.26 Å². The molecule has 0 aromatic heterocycles. The van der Waals surface area contributed by atoms with Crippen molar-refractivity contribution in [2.24, 2.45) is 0 Å². The molecular weight excluding hydrogens is 295 g/mol. The summed E-state index contributed by atoms with van der Waals surface area (Å²) in [4.78, 5) is 12.1. The summed E-state index contributed by atoms with van der Waals surface area (Å²) >= 11 is 0. The third-order valence-corrected chi connectivity index (χ3v) is 3.92. The van der Waals surface area contributed by atoms with Gasteiger partial charge in [0.25, 0.3) is 5.91 Å². The molecule has 0 saturated carbocycles. The molecule has 0 saturated heterocycles. The summed E-state index contributed by atoms with van der Waals surface area (Å²) in [6.45, 7) is 0. The van der Waals surface area contributed by atoms with Crippen LogP contribution in [0.2, 0.25) is 0 Å². The molecule has 0 spiro atoms. The molecule has 7 heteroatoms. The molecule has 0 aliphatic carbocycles. The molecular formula is C14H13FN2O3S. The van der Waals surface area contributed by atoms with E-state index in [2.05, 4.69) is 5.32 Å². The van der Waals surface area contributed by atoms with Crippen molar-refractivity contribution in [1.82, 2.24) is 0 Å². The molecule has 21 heavy (non-hydrogen) atoms. The Hall–Kier alpha value is -2.41. The predicted octanol–water partition coefficient (Wildman–Crippen LogP) is 2.06. The summed E-state index contributed by atoms with van der Waals surface area (Å²) in [5.74, 6) is -1.31. The number of nitrogens with one attached hydrogen (secondary N) is 1. The molecule has 0 unspecified atom stereocenters. The number of halogens is 1. The third-order valence-electron chi connectivity index (χ3n) is 2.81. The number of nitrogen functional groups attached to an aromatic ring is 1. The fourth-order valence-electron chi connectivity index (χ4n) is 1.73. The first kappa shape index (κ1) is 15.0. The predicted molar refractivity (Wildman–Crippen MR) is 78.3 cm³/mol. The van der Waals surface area contributed by atoms with Crippen molar-refractivity contribution in [2.45, 2.75) is 4.90 Å². The molecule has 0 atom stereocenters. The molecule has 110 valence electrons. The maximum Gasteiger partial charge on any atom is 0.255 e. The SMILES string of the molecule is CS(=O)(=O)c1cccc(C(=O)Nc2c(N)cccc2F)c1. The van der Waals surface area contributed by atoms with Crippen LogP contribution in [0.4, 0.5) is 15.8 Å². The number of sulfone groups is 1. The lowest BCUT2D eigenvalue weighted by atomic mass is 10.2. The Labute approximate surface area is 121 Å². The van der Waals surface area contributed by atoms with Gasteiger partial charge in [-0.05, 0) is 30.3 Å². The van der Waals surface area contributed by atoms with Crippen LogP contribution in [0.15, 0.2) is 47.4 Å². The lowest BCUT2D eigenvalue weighted by Crippen LogP contribution is -2.15. The minimum atomic E-state index is -3.43. The molecule has 5 nitrogen and oxygen atoms in total. The quantitative estimate of drug-likeness (QED) is 0.849. The van der Waals surface area contributed by atoms with Gasteiger partial charge in [0.15, 0.2) is 9.84 Å². The minimum absolute atomic E-state index is 0.0108. The molecule has 3 N–H and O–H groups in total. The van der Waals surface area contributed by atoms with Crippen molar-refractivity contribution in [3.8, 4) is 0 Å². The first-order chi connectivity index (χ1) is 9.79. The molecule has 2 aromatic carbocycles. The van der Waals surface area contributed by atoms with Gasteiger partial charge in [0, 0.05) is 11.8 Å². The van der Waals surface area contributed by atoms with E-state index in [1.807, 2.05) is 0 Å². The summed E-state index contributed by atoms with van der Waals surface area (Å²) in [5, 5.41) is 2.34. The molecule has 0 radical (unpaired) electrons. The lowest BCUT2D eigenvalue weighted by Gasteiger charge is -2.09. The zero-order valence-electron chi connectivity index (χ0n) is 11.1. The number of rotatable bonds is 3. The van der Waals surface area contributed by atoms with Crippen LogP contribution in [0, 0.1) is 5.82 Å². The number of carbonyl (C=O) groups excluding carboxylic acids is 1. The van der Waals surface area contributed by atoms with Gasteiger partial charge < -0.3 is 11.1 Å². The summed E-state index contributed by atoms with van der Waals surface area (Å²) in [7, 11) is -3.43. The van der Waals surface area contributed by atoms with Gasteiger partial charge in [-0.3, -0.25) is 4.79 Å². The van der Waals surface area contributed by atoms with Crippen LogP contribution in [0.1, 0.15) is 10.4 Å². The first-order valence-electron chi connectivity index (χ1n) is 5.94. The van der Waals surface area contributed by atoms with Gasteiger partial charge in [0.1, 0.15) is 11.5 Å². The normalized spacial score (nSPS) is 11.1. The Morgan fingerprint density at radius 2 is 1.86 bits per heavy atom. The van der Waals surface area contributed by atoms with Crippen molar-refractivity contribution in [2.75, 3.05) is 17.3 Å². The van der Waals surface area contributed by atoms with E-state index in [4.69, 9.17) is 5.73 Å². The Kier molecular flexibility index (Phi) is 3.95. The highest BCUT2D eigenvalue weighted by Crippen LogP contribution is 2.23. The fraction of sp³-hybridized carbons (Fsp3) is 0.0714. The monoisotopic (exact) mass is 308 g/mol. The number of amides is 1. The van der Waals surface area contributed by atoms with Crippen molar-refractivity contribution >= 4 is 27.1 Å². The second kappa shape index (κ2) is 5.53. The van der Waals surface area contributed by atoms with Gasteiger partial charge in [0.05, 0.1) is 10.6 Å². The third kappa shape index (κ3) is 3.38. The molecule has 0 aliphatic rings. The average Bonchev–Trinajstić information content (AvgIpc) is 2.42. The number of para-hydroxylation sites is 1. The maximum absolute atomic E-state index is 13.6. The van der Waals surface area contributed by atoms with Crippen molar-refractivity contribution in [3.05, 3.63) is 53.8 Å². The second-order valence-corrected chi connectivity index (χ2v) is 6.47. The highest BCUT2D eigenvalue weighted by atomic mass is 32.2. The van der Waals surface area contributed by atoms with Crippen LogP contribution in [0.3, 0.4) is 0 Å². The van der Waals surface area contributed by atoms with E-state index in [-0.39, 0.29) is 21.8 Å². The van der Waals surface area contributed by atoms with Crippen molar-refractivity contribution < 1.29 is 17.6 Å². The molecule has 0 heterocycles. The summed E-state index contributed by atoms with van der Waals surface area (Å²) in [6.07, 6.45) is 1.04. The van der Waals surface area contributed by atoms with Gasteiger partial charge in [-0.2, -0.15) is 0 Å². The molecule has 1 amide bonds. The summed E-state index contributed by atoms with van der Waals surface area (Å²) in [5.41, 5.74) is 5.65. The fourth-order valence-corrected chi connectivity index (χ4v) is 2.39. The van der Waals surface area contributed by atoms with Crippen molar-refractivity contribution in [1.29, 1.82) is 0 Å². The first-order valence-corrected chi connectivity index (χ1v) is 7.83. The number of nitrogens with two attached hydrogens (primary N) is 1. The smallest absolute Gasteiger partial charge is 0.255 e. The highest BCUT2D eigenvalue weighted by molar-refractivity contribution is 7.90. The van der Waals surface area contributed by atoms with Crippen LogP contribution in [-0.4, -0.2) is 20.6 Å². The van der Waals surface area contributed by atoms with E-state index in [1.54, 1.807) is 0 Å². The zero-order chi connectivity index (χ0) is 15.6. The molecule has 0 fully saturated rings. The van der Waals surface area contributed by atoms with Gasteiger partial charge in [-0.15, -0.1) is 0 Å². The van der Waals surface area contributed by atoms with Gasteiger partial charge in [0.2, 0.25) is 0 Å². The highest BCUT2D eigenvalue weighted by Gasteiger charge is 2.14. The van der Waals surface area contributed by atoms with E-state index < -0.39 is 21.6 Å². The van der Waals surface area contributed by atoms with E-state index in [0.29, 0.717) is 0 Å². The van der Waals surface area contributed by atoms with Crippen LogP contribution >= 0.6 is 0 Å². The van der Waals surface area contributed by atoms with Gasteiger partial charge >= 0.3 is 0 Å². The molecule has 0 bridgehead atoms. The Balaban J connectivity index is 2.34. The van der Waals surface area contributed by atoms with Crippen molar-refractivity contribution in [3.63, 3.8) is 0 Å². The Bertz CT molecular complexity index is 783. The largest absolute Gasteiger partial charge is 0.397 e. The topological polar surface area (TPSA) is 89.3 Å². The van der Waals surface area contributed by atoms with Crippen LogP contribution in [-0.2, 0) is 9.84 Å². The summed E-state index contributed by atoms with van der Waals surface area (Å²) < 4.78 is 36.5. The van der Waals surface area contributed by atoms with E-state index in [1.165, 1.54) is 42.5 Å². The standard InChI is InChI=1S/C14H13FN2O3S/c1-21(19,20)10-5-2-4-9(8-10)14(18)17-13-11(15)6-3-7-12(13)16/h2-8H,16H2,1H3,(H,17,18). The summed E-state index contributed by atoms with van der Waals surface area (Å²) in [6, 6.07) is 9.51. The van der Waals surface area contributed by atoms with E-state index in [9.17, 15) is 17.6 Å². The minimum Gasteiger partial charge on any atom is -0.397 e. The Morgan fingerprint density at radius 1 is 1.19 bits per heavy atom. The Morgan fingerprint density at radius 3 is 2.48 bits per heavy atom. The lowest BCUT2D eigenvalue weighted by molar-refractivity contribution is 0.102. The molecule has 2 rings (SSSR count). The average molecular weight is 308 g/mol. The van der Waals surface area contributed by atoms with Crippen LogP contribution in [0.5, 0.6) is 0 Å².